The number of para-hydroxylation sites is 1. The number of rotatable bonds is 13. The molecule has 2 amide bonds. The number of amides is 2. The summed E-state index contributed by atoms with van der Waals surface area (Å²) in [6.45, 7) is 3.78. The first-order valence-corrected chi connectivity index (χ1v) is 16.1. The lowest BCUT2D eigenvalue weighted by molar-refractivity contribution is -0.140. The molecule has 1 N–H and O–H groups in total. The van der Waals surface area contributed by atoms with E-state index in [9.17, 15) is 22.4 Å². The molecule has 0 aliphatic rings. The zero-order valence-electron chi connectivity index (χ0n) is 24.6. The van der Waals surface area contributed by atoms with Gasteiger partial charge in [0.15, 0.2) is 0 Å². The Morgan fingerprint density at radius 2 is 1.41 bits per heavy atom. The summed E-state index contributed by atoms with van der Waals surface area (Å²) in [7, 11) is -4.30. The van der Waals surface area contributed by atoms with Crippen molar-refractivity contribution in [1.82, 2.24) is 10.2 Å². The van der Waals surface area contributed by atoms with Crippen molar-refractivity contribution in [2.75, 3.05) is 17.4 Å². The van der Waals surface area contributed by atoms with Crippen LogP contribution in [0, 0.1) is 11.7 Å². The second kappa shape index (κ2) is 15.0. The van der Waals surface area contributed by atoms with Crippen LogP contribution in [-0.2, 0) is 32.6 Å². The van der Waals surface area contributed by atoms with E-state index in [-0.39, 0.29) is 35.4 Å². The molecule has 0 aliphatic heterocycles. The van der Waals surface area contributed by atoms with E-state index in [1.807, 2.05) is 44.2 Å². The summed E-state index contributed by atoms with van der Waals surface area (Å²) < 4.78 is 42.5. The highest BCUT2D eigenvalue weighted by atomic mass is 35.5. The Kier molecular flexibility index (Phi) is 11.1. The lowest BCUT2D eigenvalue weighted by Gasteiger charge is -2.34. The standard InChI is InChI=1S/C34H35ClFN3O4S/c1-25(2)22-37-34(41)32(21-26-9-5-3-6-10-26)38(23-27-13-15-28(35)16-14-27)33(40)24-39(30-11-7-4-8-12-30)44(42,43)31-19-17-29(36)18-20-31/h3-20,25,32H,21-24H2,1-2H3,(H,37,41). The second-order valence-corrected chi connectivity index (χ2v) is 13.1. The van der Waals surface area contributed by atoms with Gasteiger partial charge in [-0.15, -0.1) is 0 Å². The molecular formula is C34H35ClFN3O4S. The third-order valence-corrected chi connectivity index (χ3v) is 8.99. The van der Waals surface area contributed by atoms with Gasteiger partial charge >= 0.3 is 0 Å². The third-order valence-electron chi connectivity index (χ3n) is 6.95. The van der Waals surface area contributed by atoms with Gasteiger partial charge in [0.05, 0.1) is 10.6 Å². The van der Waals surface area contributed by atoms with E-state index in [1.165, 1.54) is 4.90 Å². The minimum Gasteiger partial charge on any atom is -0.354 e. The molecular weight excluding hydrogens is 601 g/mol. The van der Waals surface area contributed by atoms with Crippen molar-refractivity contribution in [3.05, 3.63) is 131 Å². The average molecular weight is 636 g/mol. The van der Waals surface area contributed by atoms with Crippen LogP contribution >= 0.6 is 11.6 Å². The van der Waals surface area contributed by atoms with Gasteiger partial charge in [0, 0.05) is 24.5 Å². The number of benzene rings is 4. The summed E-state index contributed by atoms with van der Waals surface area (Å²) in [4.78, 5) is 29.4. The zero-order chi connectivity index (χ0) is 31.7. The molecule has 7 nitrogen and oxygen atoms in total. The fraction of sp³-hybridized carbons (Fsp3) is 0.235. The Labute approximate surface area is 263 Å². The van der Waals surface area contributed by atoms with E-state index in [0.717, 1.165) is 34.1 Å². The van der Waals surface area contributed by atoms with Gasteiger partial charge in [-0.25, -0.2) is 12.8 Å². The predicted octanol–water partition coefficient (Wildman–Crippen LogP) is 6.09. The highest BCUT2D eigenvalue weighted by Crippen LogP contribution is 2.25. The van der Waals surface area contributed by atoms with E-state index in [0.29, 0.717) is 17.1 Å². The molecule has 230 valence electrons. The van der Waals surface area contributed by atoms with E-state index >= 15 is 0 Å². The number of nitrogens with zero attached hydrogens (tertiary/aromatic N) is 2. The molecule has 44 heavy (non-hydrogen) atoms. The van der Waals surface area contributed by atoms with Crippen LogP contribution in [0.1, 0.15) is 25.0 Å². The Morgan fingerprint density at radius 3 is 2.00 bits per heavy atom. The molecule has 1 atom stereocenters. The highest BCUT2D eigenvalue weighted by molar-refractivity contribution is 7.92. The Balaban J connectivity index is 1.77. The second-order valence-electron chi connectivity index (χ2n) is 10.8. The quantitative estimate of drug-likeness (QED) is 0.193. The van der Waals surface area contributed by atoms with Crippen LogP contribution in [0.15, 0.2) is 114 Å². The van der Waals surface area contributed by atoms with Gasteiger partial charge in [-0.05, 0) is 65.6 Å². The molecule has 0 aromatic heterocycles. The van der Waals surface area contributed by atoms with E-state index in [1.54, 1.807) is 54.6 Å². The molecule has 4 rings (SSSR count). The number of carbonyl (C=O) groups is 2. The molecule has 0 saturated carbocycles. The van der Waals surface area contributed by atoms with E-state index < -0.39 is 34.3 Å². The molecule has 0 radical (unpaired) electrons. The van der Waals surface area contributed by atoms with E-state index in [2.05, 4.69) is 5.32 Å². The van der Waals surface area contributed by atoms with Crippen molar-refractivity contribution in [2.24, 2.45) is 5.92 Å². The maximum absolute atomic E-state index is 14.4. The topological polar surface area (TPSA) is 86.8 Å². The van der Waals surface area contributed by atoms with Crippen LogP contribution in [0.5, 0.6) is 0 Å². The van der Waals surface area contributed by atoms with Crippen LogP contribution in [-0.4, -0.2) is 44.3 Å². The van der Waals surface area contributed by atoms with Crippen molar-refractivity contribution < 1.29 is 22.4 Å². The normalized spacial score (nSPS) is 12.0. The summed E-state index contributed by atoms with van der Waals surface area (Å²) in [5.74, 6) is -1.35. The number of carbonyl (C=O) groups excluding carboxylic acids is 2. The number of nitrogens with one attached hydrogen (secondary N) is 1. The van der Waals surface area contributed by atoms with Gasteiger partial charge in [0.2, 0.25) is 11.8 Å². The van der Waals surface area contributed by atoms with Crippen molar-refractivity contribution in [1.29, 1.82) is 0 Å². The zero-order valence-corrected chi connectivity index (χ0v) is 26.1. The fourth-order valence-corrected chi connectivity index (χ4v) is 6.16. The fourth-order valence-electron chi connectivity index (χ4n) is 4.62. The van der Waals surface area contributed by atoms with Crippen molar-refractivity contribution in [3.8, 4) is 0 Å². The molecule has 0 spiro atoms. The third kappa shape index (κ3) is 8.67. The van der Waals surface area contributed by atoms with Crippen molar-refractivity contribution in [2.45, 2.75) is 37.8 Å². The van der Waals surface area contributed by atoms with Crippen LogP contribution < -0.4 is 9.62 Å². The first-order chi connectivity index (χ1) is 21.0. The maximum atomic E-state index is 14.4. The summed E-state index contributed by atoms with van der Waals surface area (Å²) in [6, 6.07) is 27.9. The Bertz CT molecular complexity index is 1640. The molecule has 0 heterocycles. The Hall–Kier alpha value is -4.21. The number of sulfonamides is 1. The van der Waals surface area contributed by atoms with Crippen molar-refractivity contribution >= 4 is 39.1 Å². The van der Waals surface area contributed by atoms with Gasteiger partial charge < -0.3 is 10.2 Å². The molecule has 0 bridgehead atoms. The van der Waals surface area contributed by atoms with Gasteiger partial charge in [-0.1, -0.05) is 86.1 Å². The maximum Gasteiger partial charge on any atom is 0.264 e. The lowest BCUT2D eigenvalue weighted by Crippen LogP contribution is -2.53. The molecule has 0 fully saturated rings. The van der Waals surface area contributed by atoms with Gasteiger partial charge in [0.1, 0.15) is 18.4 Å². The van der Waals surface area contributed by atoms with E-state index in [4.69, 9.17) is 11.6 Å². The molecule has 0 saturated heterocycles. The van der Waals surface area contributed by atoms with Gasteiger partial charge in [-0.2, -0.15) is 0 Å². The first kappa shape index (κ1) is 32.7. The van der Waals surface area contributed by atoms with Crippen LogP contribution in [0.4, 0.5) is 10.1 Å². The lowest BCUT2D eigenvalue weighted by atomic mass is 10.0. The summed E-state index contributed by atoms with van der Waals surface area (Å²) >= 11 is 6.12. The molecule has 0 aliphatic carbocycles. The van der Waals surface area contributed by atoms with Crippen LogP contribution in [0.2, 0.25) is 5.02 Å². The molecule has 1 unspecified atom stereocenters. The van der Waals surface area contributed by atoms with Gasteiger partial charge in [0.25, 0.3) is 10.0 Å². The smallest absolute Gasteiger partial charge is 0.264 e. The molecule has 10 heteroatoms. The number of anilines is 1. The number of halogens is 2. The first-order valence-electron chi connectivity index (χ1n) is 14.2. The predicted molar refractivity (Wildman–Crippen MR) is 171 cm³/mol. The SMILES string of the molecule is CC(C)CNC(=O)C(Cc1ccccc1)N(Cc1ccc(Cl)cc1)C(=O)CN(c1ccccc1)S(=O)(=O)c1ccc(F)cc1. The minimum absolute atomic E-state index is 0.0296. The Morgan fingerprint density at radius 1 is 0.818 bits per heavy atom. The van der Waals surface area contributed by atoms with Crippen LogP contribution in [0.25, 0.3) is 0 Å². The number of hydrogen-bond acceptors (Lipinski definition) is 4. The molecule has 4 aromatic rings. The average Bonchev–Trinajstić information content (AvgIpc) is 3.02. The highest BCUT2D eigenvalue weighted by Gasteiger charge is 2.34. The van der Waals surface area contributed by atoms with Crippen molar-refractivity contribution in [3.63, 3.8) is 0 Å². The minimum atomic E-state index is -4.30. The largest absolute Gasteiger partial charge is 0.354 e. The molecule has 4 aromatic carbocycles. The monoisotopic (exact) mass is 635 g/mol. The number of hydrogen-bond donors (Lipinski definition) is 1. The summed E-state index contributed by atoms with van der Waals surface area (Å²) in [5, 5.41) is 3.47. The van der Waals surface area contributed by atoms with Crippen LogP contribution in [0.3, 0.4) is 0 Å². The summed E-state index contributed by atoms with van der Waals surface area (Å²) in [5.41, 5.74) is 1.80. The summed E-state index contributed by atoms with van der Waals surface area (Å²) in [6.07, 6.45) is 0.208. The van der Waals surface area contributed by atoms with Gasteiger partial charge in [-0.3, -0.25) is 13.9 Å².